The fourth-order valence-electron chi connectivity index (χ4n) is 1.73. The number of likely N-dealkylation sites (N-methyl/N-ethyl adjacent to an activating group) is 1. The summed E-state index contributed by atoms with van der Waals surface area (Å²) in [5.41, 5.74) is 0.881. The maximum atomic E-state index is 11.6. The predicted octanol–water partition coefficient (Wildman–Crippen LogP) is 2.00. The van der Waals surface area contributed by atoms with Gasteiger partial charge in [0.05, 0.1) is 13.1 Å². The summed E-state index contributed by atoms with van der Waals surface area (Å²) < 4.78 is 5.65. The van der Waals surface area contributed by atoms with Crippen molar-refractivity contribution in [3.05, 3.63) is 36.1 Å². The van der Waals surface area contributed by atoms with Crippen molar-refractivity contribution in [2.45, 2.75) is 13.5 Å². The van der Waals surface area contributed by atoms with Crippen LogP contribution >= 0.6 is 0 Å². The molecule has 0 saturated heterocycles. The average molecular weight is 246 g/mol. The summed E-state index contributed by atoms with van der Waals surface area (Å²) in [4.78, 5) is 13.3. The molecule has 4 nitrogen and oxygen atoms in total. The first-order valence-electron chi connectivity index (χ1n) is 6.13. The minimum absolute atomic E-state index is 0.0913. The molecule has 0 bridgehead atoms. The largest absolute Gasteiger partial charge is 0.460 e. The molecule has 0 fully saturated rings. The Balaban J connectivity index is 1.89. The minimum Gasteiger partial charge on any atom is -0.460 e. The summed E-state index contributed by atoms with van der Waals surface area (Å²) >= 11 is 0. The second kappa shape index (κ2) is 5.69. The van der Waals surface area contributed by atoms with Gasteiger partial charge in [-0.05, 0) is 19.1 Å². The second-order valence-electron chi connectivity index (χ2n) is 4.26. The number of amides is 1. The van der Waals surface area contributed by atoms with E-state index in [-0.39, 0.29) is 5.91 Å². The van der Waals surface area contributed by atoms with Crippen LogP contribution in [-0.2, 0) is 11.3 Å². The molecule has 1 amide bonds. The Morgan fingerprint density at radius 3 is 2.89 bits per heavy atom. The maximum absolute atomic E-state index is 11.6. The second-order valence-corrected chi connectivity index (χ2v) is 4.26. The van der Waals surface area contributed by atoms with Crippen LogP contribution in [0.4, 0.5) is 0 Å². The van der Waals surface area contributed by atoms with Gasteiger partial charge in [0.25, 0.3) is 0 Å². The Labute approximate surface area is 107 Å². The van der Waals surface area contributed by atoms with Crippen LogP contribution in [0.2, 0.25) is 0 Å². The third kappa shape index (κ3) is 2.90. The Hall–Kier alpha value is -1.81. The van der Waals surface area contributed by atoms with E-state index >= 15 is 0 Å². The number of furan rings is 1. The van der Waals surface area contributed by atoms with Crippen LogP contribution in [0.15, 0.2) is 34.7 Å². The summed E-state index contributed by atoms with van der Waals surface area (Å²) in [6.07, 6.45) is 0. The highest BCUT2D eigenvalue weighted by atomic mass is 16.3. The van der Waals surface area contributed by atoms with E-state index < -0.39 is 0 Å². The highest BCUT2D eigenvalue weighted by Crippen LogP contribution is 2.18. The number of nitrogens with zero attached hydrogens (tertiary/aromatic N) is 1. The van der Waals surface area contributed by atoms with Gasteiger partial charge >= 0.3 is 0 Å². The third-order valence-electron chi connectivity index (χ3n) is 2.95. The lowest BCUT2D eigenvalue weighted by Gasteiger charge is -2.14. The van der Waals surface area contributed by atoms with Crippen molar-refractivity contribution < 1.29 is 9.21 Å². The number of benzene rings is 1. The van der Waals surface area contributed by atoms with Gasteiger partial charge in [-0.3, -0.25) is 4.79 Å². The summed E-state index contributed by atoms with van der Waals surface area (Å²) in [7, 11) is 1.80. The molecule has 1 heterocycles. The van der Waals surface area contributed by atoms with Gasteiger partial charge in [0, 0.05) is 19.0 Å². The van der Waals surface area contributed by atoms with Gasteiger partial charge in [0.1, 0.15) is 11.3 Å². The molecule has 0 spiro atoms. The van der Waals surface area contributed by atoms with Gasteiger partial charge in [0.15, 0.2) is 0 Å². The van der Waals surface area contributed by atoms with Crippen LogP contribution in [0.3, 0.4) is 0 Å². The molecule has 0 aliphatic heterocycles. The summed E-state index contributed by atoms with van der Waals surface area (Å²) in [5, 5.41) is 4.18. The number of carbonyl (C=O) groups is 1. The van der Waals surface area contributed by atoms with Crippen molar-refractivity contribution in [2.24, 2.45) is 0 Å². The molecule has 0 atom stereocenters. The van der Waals surface area contributed by atoms with Gasteiger partial charge in [-0.25, -0.2) is 0 Å². The molecule has 96 valence electrons. The quantitative estimate of drug-likeness (QED) is 0.877. The number of fused-ring (bicyclic) bond motifs is 1. The van der Waals surface area contributed by atoms with Crippen LogP contribution in [0, 0.1) is 0 Å². The number of hydrogen-bond donors (Lipinski definition) is 1. The first-order chi connectivity index (χ1) is 8.70. The molecule has 0 saturated carbocycles. The zero-order valence-corrected chi connectivity index (χ0v) is 10.8. The molecule has 0 aliphatic carbocycles. The van der Waals surface area contributed by atoms with Crippen LogP contribution in [0.5, 0.6) is 0 Å². The smallest absolute Gasteiger partial charge is 0.236 e. The van der Waals surface area contributed by atoms with Crippen molar-refractivity contribution in [3.8, 4) is 0 Å². The molecule has 1 aromatic carbocycles. The molecule has 18 heavy (non-hydrogen) atoms. The fraction of sp³-hybridized carbons (Fsp3) is 0.357. The number of hydrogen-bond acceptors (Lipinski definition) is 3. The normalized spacial score (nSPS) is 10.8. The minimum atomic E-state index is 0.0913. The van der Waals surface area contributed by atoms with E-state index in [0.29, 0.717) is 13.1 Å². The first kappa shape index (κ1) is 12.6. The van der Waals surface area contributed by atoms with Crippen LogP contribution in [0.25, 0.3) is 11.0 Å². The maximum Gasteiger partial charge on any atom is 0.236 e. The monoisotopic (exact) mass is 246 g/mol. The molecule has 0 aliphatic rings. The Morgan fingerprint density at radius 2 is 2.17 bits per heavy atom. The van der Waals surface area contributed by atoms with E-state index in [0.717, 1.165) is 23.3 Å². The highest BCUT2D eigenvalue weighted by Gasteiger charge is 2.07. The van der Waals surface area contributed by atoms with Crippen molar-refractivity contribution in [3.63, 3.8) is 0 Å². The third-order valence-corrected chi connectivity index (χ3v) is 2.95. The fourth-order valence-corrected chi connectivity index (χ4v) is 1.73. The summed E-state index contributed by atoms with van der Waals surface area (Å²) in [6.45, 7) is 3.58. The number of rotatable bonds is 5. The van der Waals surface area contributed by atoms with Crippen LogP contribution in [0.1, 0.15) is 12.7 Å². The van der Waals surface area contributed by atoms with E-state index in [1.807, 2.05) is 37.3 Å². The van der Waals surface area contributed by atoms with Crippen molar-refractivity contribution in [2.75, 3.05) is 20.1 Å². The molecule has 0 unspecified atom stereocenters. The van der Waals surface area contributed by atoms with Crippen molar-refractivity contribution in [1.29, 1.82) is 0 Å². The number of para-hydroxylation sites is 1. The van der Waals surface area contributed by atoms with Gasteiger partial charge in [-0.15, -0.1) is 0 Å². The zero-order chi connectivity index (χ0) is 13.0. The molecule has 1 aromatic heterocycles. The van der Waals surface area contributed by atoms with E-state index in [4.69, 9.17) is 4.42 Å². The van der Waals surface area contributed by atoms with Gasteiger partial charge in [-0.2, -0.15) is 0 Å². The van der Waals surface area contributed by atoms with Crippen LogP contribution in [-0.4, -0.2) is 30.9 Å². The zero-order valence-electron chi connectivity index (χ0n) is 10.8. The Bertz CT molecular complexity index is 500. The highest BCUT2D eigenvalue weighted by molar-refractivity contribution is 5.78. The lowest BCUT2D eigenvalue weighted by Crippen LogP contribution is -2.35. The lowest BCUT2D eigenvalue weighted by atomic mass is 10.2. The molecular weight excluding hydrogens is 228 g/mol. The van der Waals surface area contributed by atoms with Crippen LogP contribution < -0.4 is 5.32 Å². The van der Waals surface area contributed by atoms with E-state index in [1.54, 1.807) is 11.9 Å². The SMILES string of the molecule is CCN(C)C(=O)CNCc1cc2ccccc2o1. The number of carbonyl (C=O) groups excluding carboxylic acids is 1. The molecule has 2 rings (SSSR count). The van der Waals surface area contributed by atoms with E-state index in [2.05, 4.69) is 5.32 Å². The molecule has 0 radical (unpaired) electrons. The van der Waals surface area contributed by atoms with Gasteiger partial charge in [0.2, 0.25) is 5.91 Å². The van der Waals surface area contributed by atoms with Gasteiger partial charge < -0.3 is 14.6 Å². The predicted molar refractivity (Wildman–Crippen MR) is 71.2 cm³/mol. The number of nitrogens with one attached hydrogen (secondary N) is 1. The first-order valence-corrected chi connectivity index (χ1v) is 6.13. The molecule has 1 N–H and O–H groups in total. The van der Waals surface area contributed by atoms with E-state index in [9.17, 15) is 4.79 Å². The topological polar surface area (TPSA) is 45.5 Å². The Morgan fingerprint density at radius 1 is 1.39 bits per heavy atom. The van der Waals surface area contributed by atoms with Gasteiger partial charge in [-0.1, -0.05) is 18.2 Å². The lowest BCUT2D eigenvalue weighted by molar-refractivity contribution is -0.128. The standard InChI is InChI=1S/C14H18N2O2/c1-3-16(2)14(17)10-15-9-12-8-11-6-4-5-7-13(11)18-12/h4-8,15H,3,9-10H2,1-2H3. The van der Waals surface area contributed by atoms with Crippen molar-refractivity contribution >= 4 is 16.9 Å². The summed E-state index contributed by atoms with van der Waals surface area (Å²) in [6, 6.07) is 9.88. The Kier molecular flexibility index (Phi) is 3.99. The van der Waals surface area contributed by atoms with Crippen molar-refractivity contribution in [1.82, 2.24) is 10.2 Å². The average Bonchev–Trinajstić information content (AvgIpc) is 2.80. The summed E-state index contributed by atoms with van der Waals surface area (Å²) in [5.74, 6) is 0.941. The van der Waals surface area contributed by atoms with E-state index in [1.165, 1.54) is 0 Å². The molecule has 2 aromatic rings. The molecule has 4 heteroatoms. The molecular formula is C14H18N2O2.